The van der Waals surface area contributed by atoms with Gasteiger partial charge in [0, 0.05) is 13.0 Å². The Morgan fingerprint density at radius 2 is 2.38 bits per heavy atom. The normalized spacial score (nSPS) is 13.3. The average molecular weight is 215 g/mol. The van der Waals surface area contributed by atoms with Crippen LogP contribution in [0, 0.1) is 12.3 Å². The van der Waals surface area contributed by atoms with Gasteiger partial charge in [0.25, 0.3) is 0 Å². The van der Waals surface area contributed by atoms with Crippen LogP contribution in [0.15, 0.2) is 18.2 Å². The maximum atomic E-state index is 5.48. The first-order chi connectivity index (χ1) is 7.79. The van der Waals surface area contributed by atoms with E-state index in [4.69, 9.17) is 11.2 Å². The van der Waals surface area contributed by atoms with Crippen molar-refractivity contribution in [3.63, 3.8) is 0 Å². The number of nitrogens with zero attached hydrogens (tertiary/aromatic N) is 1. The minimum atomic E-state index is 0.716. The van der Waals surface area contributed by atoms with Crippen molar-refractivity contribution >= 4 is 0 Å². The van der Waals surface area contributed by atoms with Crippen molar-refractivity contribution in [2.75, 3.05) is 26.7 Å². The van der Waals surface area contributed by atoms with Crippen LogP contribution in [0.2, 0.25) is 0 Å². The van der Waals surface area contributed by atoms with Crippen molar-refractivity contribution in [1.82, 2.24) is 4.90 Å². The first kappa shape index (κ1) is 11.0. The predicted octanol–water partition coefficient (Wildman–Crippen LogP) is 1.73. The van der Waals surface area contributed by atoms with Gasteiger partial charge in [-0.2, -0.15) is 0 Å². The predicted molar refractivity (Wildman–Crippen MR) is 65.7 cm³/mol. The van der Waals surface area contributed by atoms with E-state index in [9.17, 15) is 0 Å². The highest BCUT2D eigenvalue weighted by molar-refractivity contribution is 5.39. The summed E-state index contributed by atoms with van der Waals surface area (Å²) >= 11 is 0. The second-order valence-electron chi connectivity index (χ2n) is 4.23. The Hall–Kier alpha value is -1.46. The summed E-state index contributed by atoms with van der Waals surface area (Å²) in [6, 6.07) is 6.48. The number of rotatable bonds is 4. The molecule has 0 aromatic heterocycles. The van der Waals surface area contributed by atoms with Gasteiger partial charge in [-0.15, -0.1) is 6.42 Å². The van der Waals surface area contributed by atoms with Crippen LogP contribution in [0.5, 0.6) is 5.75 Å². The van der Waals surface area contributed by atoms with Gasteiger partial charge in [-0.25, -0.2) is 0 Å². The van der Waals surface area contributed by atoms with Crippen LogP contribution in [-0.2, 0) is 12.8 Å². The molecule has 0 aliphatic carbocycles. The molecule has 1 aliphatic rings. The highest BCUT2D eigenvalue weighted by Gasteiger charge is 2.11. The van der Waals surface area contributed by atoms with Crippen LogP contribution < -0.4 is 4.74 Å². The van der Waals surface area contributed by atoms with E-state index in [0.29, 0.717) is 6.54 Å². The summed E-state index contributed by atoms with van der Waals surface area (Å²) in [5.74, 6) is 3.71. The Bertz CT molecular complexity index is 406. The molecule has 0 fully saturated rings. The lowest BCUT2D eigenvalue weighted by molar-refractivity contribution is 0.356. The molecule has 0 radical (unpaired) electrons. The van der Waals surface area contributed by atoms with E-state index in [1.54, 1.807) is 0 Å². The molecule has 2 rings (SSSR count). The Labute approximate surface area is 97.2 Å². The summed E-state index contributed by atoms with van der Waals surface area (Å²) in [7, 11) is 2.05. The Kier molecular flexibility index (Phi) is 3.48. The topological polar surface area (TPSA) is 12.5 Å². The first-order valence-electron chi connectivity index (χ1n) is 5.66. The fourth-order valence-electron chi connectivity index (χ4n) is 1.95. The molecular formula is C14H17NO. The molecule has 1 aromatic rings. The molecule has 84 valence electrons. The van der Waals surface area contributed by atoms with Gasteiger partial charge in [-0.1, -0.05) is 18.1 Å². The second kappa shape index (κ2) is 5.05. The minimum absolute atomic E-state index is 0.716. The molecule has 0 saturated carbocycles. The maximum absolute atomic E-state index is 5.48. The van der Waals surface area contributed by atoms with E-state index in [0.717, 1.165) is 31.7 Å². The van der Waals surface area contributed by atoms with Gasteiger partial charge in [-0.3, -0.25) is 4.90 Å². The van der Waals surface area contributed by atoms with Crippen LogP contribution in [-0.4, -0.2) is 31.6 Å². The summed E-state index contributed by atoms with van der Waals surface area (Å²) < 4.78 is 5.48. The molecule has 16 heavy (non-hydrogen) atoms. The molecule has 0 bridgehead atoms. The Morgan fingerprint density at radius 3 is 3.19 bits per heavy atom. The van der Waals surface area contributed by atoms with Crippen LogP contribution in [0.3, 0.4) is 0 Å². The number of benzene rings is 1. The van der Waals surface area contributed by atoms with E-state index in [1.807, 2.05) is 0 Å². The third-order valence-electron chi connectivity index (χ3n) is 2.90. The lowest BCUT2D eigenvalue weighted by atomic mass is 10.1. The van der Waals surface area contributed by atoms with Gasteiger partial charge < -0.3 is 4.74 Å². The van der Waals surface area contributed by atoms with Crippen LogP contribution in [0.4, 0.5) is 0 Å². The molecule has 0 amide bonds. The van der Waals surface area contributed by atoms with Gasteiger partial charge in [0.2, 0.25) is 0 Å². The van der Waals surface area contributed by atoms with Crippen molar-refractivity contribution in [3.05, 3.63) is 29.3 Å². The average Bonchev–Trinajstić information content (AvgIpc) is 2.74. The Morgan fingerprint density at radius 1 is 1.50 bits per heavy atom. The van der Waals surface area contributed by atoms with Gasteiger partial charge in [0.05, 0.1) is 13.2 Å². The summed E-state index contributed by atoms with van der Waals surface area (Å²) in [5.41, 5.74) is 2.71. The summed E-state index contributed by atoms with van der Waals surface area (Å²) in [5, 5.41) is 0. The van der Waals surface area contributed by atoms with Crippen LogP contribution in [0.25, 0.3) is 0 Å². The number of ether oxygens (including phenoxy) is 1. The molecular weight excluding hydrogens is 198 g/mol. The highest BCUT2D eigenvalue weighted by atomic mass is 16.5. The zero-order valence-electron chi connectivity index (χ0n) is 9.70. The third-order valence-corrected chi connectivity index (χ3v) is 2.90. The molecule has 0 atom stereocenters. The van der Waals surface area contributed by atoms with Gasteiger partial charge >= 0.3 is 0 Å². The number of likely N-dealkylation sites (N-methyl/N-ethyl adjacent to an activating group) is 1. The molecule has 0 unspecified atom stereocenters. The molecule has 1 aromatic carbocycles. The number of hydrogen-bond acceptors (Lipinski definition) is 2. The van der Waals surface area contributed by atoms with E-state index in [2.05, 4.69) is 36.1 Å². The van der Waals surface area contributed by atoms with Crippen molar-refractivity contribution < 1.29 is 4.74 Å². The summed E-state index contributed by atoms with van der Waals surface area (Å²) in [6.07, 6.45) is 7.36. The van der Waals surface area contributed by atoms with E-state index in [1.165, 1.54) is 11.1 Å². The molecule has 0 spiro atoms. The van der Waals surface area contributed by atoms with Gasteiger partial charge in [0.15, 0.2) is 0 Å². The van der Waals surface area contributed by atoms with Gasteiger partial charge in [-0.05, 0) is 30.7 Å². The quantitative estimate of drug-likeness (QED) is 0.709. The second-order valence-corrected chi connectivity index (χ2v) is 4.23. The zero-order chi connectivity index (χ0) is 11.4. The minimum Gasteiger partial charge on any atom is -0.493 e. The zero-order valence-corrected chi connectivity index (χ0v) is 9.70. The molecule has 0 N–H and O–H groups in total. The number of terminal acetylenes is 1. The number of hydrogen-bond donors (Lipinski definition) is 0. The lowest BCUT2D eigenvalue weighted by Crippen LogP contribution is -2.21. The van der Waals surface area contributed by atoms with Crippen molar-refractivity contribution in [2.45, 2.75) is 12.8 Å². The SMILES string of the molecule is C#CCN(C)CCc1ccc2c(c1)CCO2. The van der Waals surface area contributed by atoms with Crippen molar-refractivity contribution in [2.24, 2.45) is 0 Å². The van der Waals surface area contributed by atoms with Crippen molar-refractivity contribution in [3.8, 4) is 18.1 Å². The van der Waals surface area contributed by atoms with E-state index >= 15 is 0 Å². The largest absolute Gasteiger partial charge is 0.493 e. The molecule has 2 heteroatoms. The first-order valence-corrected chi connectivity index (χ1v) is 5.66. The van der Waals surface area contributed by atoms with Crippen LogP contribution in [0.1, 0.15) is 11.1 Å². The summed E-state index contributed by atoms with van der Waals surface area (Å²) in [6.45, 7) is 2.55. The monoisotopic (exact) mass is 215 g/mol. The van der Waals surface area contributed by atoms with Gasteiger partial charge in [0.1, 0.15) is 5.75 Å². The van der Waals surface area contributed by atoms with Crippen molar-refractivity contribution in [1.29, 1.82) is 0 Å². The fourth-order valence-corrected chi connectivity index (χ4v) is 1.95. The maximum Gasteiger partial charge on any atom is 0.122 e. The smallest absolute Gasteiger partial charge is 0.122 e. The lowest BCUT2D eigenvalue weighted by Gasteiger charge is -2.13. The number of fused-ring (bicyclic) bond motifs is 1. The fraction of sp³-hybridized carbons (Fsp3) is 0.429. The highest BCUT2D eigenvalue weighted by Crippen LogP contribution is 2.25. The Balaban J connectivity index is 1.93. The molecule has 2 nitrogen and oxygen atoms in total. The third kappa shape index (κ3) is 2.56. The molecule has 1 aliphatic heterocycles. The molecule has 0 saturated heterocycles. The summed E-state index contributed by atoms with van der Waals surface area (Å²) in [4.78, 5) is 2.16. The van der Waals surface area contributed by atoms with Crippen LogP contribution >= 0.6 is 0 Å². The van der Waals surface area contributed by atoms with E-state index in [-0.39, 0.29) is 0 Å². The van der Waals surface area contributed by atoms with E-state index < -0.39 is 0 Å². The standard InChI is InChI=1S/C14H17NO/c1-3-8-15(2)9-6-12-4-5-14-13(11-12)7-10-16-14/h1,4-5,11H,6-10H2,2H3. The molecule has 1 heterocycles.